The van der Waals surface area contributed by atoms with Gasteiger partial charge in [-0.25, -0.2) is 4.39 Å². The SMILES string of the molecule is O=C(CN1C(=O)S/C(=C/c2cccc(OCc3c(F)cccc3Cl)c2)C1=O)N1CCN(c2ccccc2)CC1. The first-order valence-corrected chi connectivity index (χ1v) is 13.6. The molecule has 0 atom stereocenters. The van der Waals surface area contributed by atoms with Crippen LogP contribution in [0.3, 0.4) is 0 Å². The normalized spacial score (nSPS) is 16.8. The van der Waals surface area contributed by atoms with Crippen LogP contribution in [-0.4, -0.2) is 59.6 Å². The minimum absolute atomic E-state index is 0.0623. The van der Waals surface area contributed by atoms with Crippen molar-refractivity contribution in [3.8, 4) is 5.75 Å². The Hall–Kier alpha value is -3.82. The first-order chi connectivity index (χ1) is 18.9. The first kappa shape index (κ1) is 26.8. The lowest BCUT2D eigenvalue weighted by Crippen LogP contribution is -2.51. The van der Waals surface area contributed by atoms with Gasteiger partial charge in [0.25, 0.3) is 11.1 Å². The van der Waals surface area contributed by atoms with E-state index in [1.165, 1.54) is 12.1 Å². The van der Waals surface area contributed by atoms with Crippen molar-refractivity contribution in [2.24, 2.45) is 0 Å². The zero-order chi connectivity index (χ0) is 27.4. The number of amides is 3. The van der Waals surface area contributed by atoms with Gasteiger partial charge in [-0.2, -0.15) is 0 Å². The monoisotopic (exact) mass is 565 g/mol. The summed E-state index contributed by atoms with van der Waals surface area (Å²) >= 11 is 6.86. The molecule has 2 aliphatic rings. The summed E-state index contributed by atoms with van der Waals surface area (Å²) in [4.78, 5) is 43.6. The van der Waals surface area contributed by atoms with Gasteiger partial charge in [-0.3, -0.25) is 19.3 Å². The number of hydrogen-bond acceptors (Lipinski definition) is 6. The second-order valence-electron chi connectivity index (χ2n) is 9.03. The maximum absolute atomic E-state index is 14.0. The minimum atomic E-state index is -0.509. The summed E-state index contributed by atoms with van der Waals surface area (Å²) in [7, 11) is 0. The molecule has 0 unspecified atom stereocenters. The van der Waals surface area contributed by atoms with E-state index in [9.17, 15) is 18.8 Å². The lowest BCUT2D eigenvalue weighted by atomic mass is 10.2. The van der Waals surface area contributed by atoms with E-state index in [0.29, 0.717) is 37.5 Å². The molecule has 200 valence electrons. The number of para-hydroxylation sites is 1. The predicted molar refractivity (Wildman–Crippen MR) is 150 cm³/mol. The highest BCUT2D eigenvalue weighted by Crippen LogP contribution is 2.33. The van der Waals surface area contributed by atoms with Crippen molar-refractivity contribution in [3.05, 3.63) is 99.7 Å². The summed E-state index contributed by atoms with van der Waals surface area (Å²) in [6.45, 7) is 2.04. The third kappa shape index (κ3) is 6.26. The molecule has 0 radical (unpaired) electrons. The molecule has 7 nitrogen and oxygen atoms in total. The Morgan fingerprint density at radius 3 is 2.46 bits per heavy atom. The van der Waals surface area contributed by atoms with Gasteiger partial charge in [0.05, 0.1) is 9.93 Å². The van der Waals surface area contributed by atoms with Gasteiger partial charge in [0.2, 0.25) is 5.91 Å². The van der Waals surface area contributed by atoms with Crippen LogP contribution in [0.15, 0.2) is 77.7 Å². The predicted octanol–water partition coefficient (Wildman–Crippen LogP) is 5.44. The highest BCUT2D eigenvalue weighted by atomic mass is 35.5. The van der Waals surface area contributed by atoms with Crippen LogP contribution in [-0.2, 0) is 16.2 Å². The van der Waals surface area contributed by atoms with E-state index >= 15 is 0 Å². The molecule has 2 saturated heterocycles. The highest BCUT2D eigenvalue weighted by molar-refractivity contribution is 8.18. The van der Waals surface area contributed by atoms with Crippen LogP contribution in [0.25, 0.3) is 6.08 Å². The first-order valence-electron chi connectivity index (χ1n) is 12.4. The van der Waals surface area contributed by atoms with E-state index < -0.39 is 17.0 Å². The molecule has 0 aromatic heterocycles. The van der Waals surface area contributed by atoms with Gasteiger partial charge in [0.15, 0.2) is 0 Å². The van der Waals surface area contributed by atoms with Gasteiger partial charge in [-0.1, -0.05) is 48.0 Å². The average molecular weight is 566 g/mol. The number of nitrogens with zero attached hydrogens (tertiary/aromatic N) is 3. The van der Waals surface area contributed by atoms with E-state index in [-0.39, 0.29) is 34.6 Å². The molecule has 3 amide bonds. The third-order valence-electron chi connectivity index (χ3n) is 6.52. The van der Waals surface area contributed by atoms with Crippen LogP contribution < -0.4 is 9.64 Å². The number of thioether (sulfide) groups is 1. The second-order valence-corrected chi connectivity index (χ2v) is 10.4. The Kier molecular flexibility index (Phi) is 8.18. The zero-order valence-electron chi connectivity index (χ0n) is 20.9. The van der Waals surface area contributed by atoms with Gasteiger partial charge < -0.3 is 14.5 Å². The van der Waals surface area contributed by atoms with Crippen molar-refractivity contribution in [2.75, 3.05) is 37.6 Å². The quantitative estimate of drug-likeness (QED) is 0.355. The Labute approximate surface area is 234 Å². The largest absolute Gasteiger partial charge is 0.489 e. The van der Waals surface area contributed by atoms with Crippen LogP contribution in [0, 0.1) is 5.82 Å². The summed E-state index contributed by atoms with van der Waals surface area (Å²) < 4.78 is 19.7. The van der Waals surface area contributed by atoms with E-state index in [0.717, 1.165) is 22.3 Å². The molecule has 5 rings (SSSR count). The fraction of sp³-hybridized carbons (Fsp3) is 0.207. The molecule has 0 aliphatic carbocycles. The molecular weight excluding hydrogens is 541 g/mol. The molecule has 3 aromatic rings. The second kappa shape index (κ2) is 11.9. The lowest BCUT2D eigenvalue weighted by molar-refractivity contribution is -0.136. The number of benzene rings is 3. The van der Waals surface area contributed by atoms with Crippen LogP contribution in [0.4, 0.5) is 14.9 Å². The Morgan fingerprint density at radius 2 is 1.72 bits per heavy atom. The fourth-order valence-corrected chi connectivity index (χ4v) is 5.45. The van der Waals surface area contributed by atoms with Crippen molar-refractivity contribution >= 4 is 52.2 Å². The van der Waals surface area contributed by atoms with Crippen LogP contribution in [0.5, 0.6) is 5.75 Å². The smallest absolute Gasteiger partial charge is 0.294 e. The standard InChI is InChI=1S/C29H25ClFN3O4S/c30-24-10-5-11-25(31)23(24)19-38-22-9-4-6-20(16-22)17-26-28(36)34(29(37)39-26)18-27(35)33-14-12-32(13-15-33)21-7-2-1-3-8-21/h1-11,16-17H,12-15,18-19H2/b26-17+. The number of anilines is 1. The molecule has 0 spiro atoms. The number of ether oxygens (including phenoxy) is 1. The van der Waals surface area contributed by atoms with Gasteiger partial charge in [-0.15, -0.1) is 0 Å². The third-order valence-corrected chi connectivity index (χ3v) is 7.78. The summed E-state index contributed by atoms with van der Waals surface area (Å²) in [5, 5.41) is -0.212. The Morgan fingerprint density at radius 1 is 0.974 bits per heavy atom. The molecule has 2 aliphatic heterocycles. The minimum Gasteiger partial charge on any atom is -0.489 e. The summed E-state index contributed by atoms with van der Waals surface area (Å²) in [5.74, 6) is -0.772. The molecule has 0 saturated carbocycles. The molecule has 2 heterocycles. The van der Waals surface area contributed by atoms with Crippen molar-refractivity contribution in [3.63, 3.8) is 0 Å². The van der Waals surface area contributed by atoms with Crippen molar-refractivity contribution in [1.82, 2.24) is 9.80 Å². The fourth-order valence-electron chi connectivity index (χ4n) is 4.40. The van der Waals surface area contributed by atoms with Gasteiger partial charge >= 0.3 is 0 Å². The molecule has 0 bridgehead atoms. The Bertz CT molecular complexity index is 1410. The van der Waals surface area contributed by atoms with E-state index in [1.807, 2.05) is 30.3 Å². The van der Waals surface area contributed by atoms with Gasteiger partial charge in [0, 0.05) is 37.4 Å². The highest BCUT2D eigenvalue weighted by Gasteiger charge is 2.37. The van der Waals surface area contributed by atoms with Crippen LogP contribution >= 0.6 is 23.4 Å². The van der Waals surface area contributed by atoms with Gasteiger partial charge in [-0.05, 0) is 59.8 Å². The number of carbonyl (C=O) groups excluding carboxylic acids is 3. The summed E-state index contributed by atoms with van der Waals surface area (Å²) in [6, 6.07) is 21.3. The van der Waals surface area contributed by atoms with E-state index in [1.54, 1.807) is 41.3 Å². The van der Waals surface area contributed by atoms with Crippen molar-refractivity contribution in [2.45, 2.75) is 6.61 Å². The molecule has 2 fully saturated rings. The number of rotatable bonds is 7. The van der Waals surface area contributed by atoms with Crippen LogP contribution in [0.1, 0.15) is 11.1 Å². The molecular formula is C29H25ClFN3O4S. The zero-order valence-corrected chi connectivity index (χ0v) is 22.5. The van der Waals surface area contributed by atoms with Gasteiger partial charge in [0.1, 0.15) is 24.7 Å². The molecule has 10 heteroatoms. The number of imide groups is 1. The molecule has 3 aromatic carbocycles. The lowest BCUT2D eigenvalue weighted by Gasteiger charge is -2.36. The maximum atomic E-state index is 14.0. The van der Waals surface area contributed by atoms with Crippen LogP contribution in [0.2, 0.25) is 5.02 Å². The molecule has 0 N–H and O–H groups in total. The number of piperazine rings is 1. The maximum Gasteiger partial charge on any atom is 0.294 e. The summed E-state index contributed by atoms with van der Waals surface area (Å²) in [5.41, 5.74) is 1.98. The topological polar surface area (TPSA) is 70.2 Å². The number of hydrogen-bond donors (Lipinski definition) is 0. The average Bonchev–Trinajstić information content (AvgIpc) is 3.20. The number of carbonyl (C=O) groups is 3. The van der Waals surface area contributed by atoms with E-state index in [2.05, 4.69) is 4.90 Å². The Balaban J connectivity index is 1.19. The van der Waals surface area contributed by atoms with E-state index in [4.69, 9.17) is 16.3 Å². The van der Waals surface area contributed by atoms with Crippen molar-refractivity contribution in [1.29, 1.82) is 0 Å². The molecule has 39 heavy (non-hydrogen) atoms. The number of halogens is 2. The van der Waals surface area contributed by atoms with Crippen molar-refractivity contribution < 1.29 is 23.5 Å². The summed E-state index contributed by atoms with van der Waals surface area (Å²) in [6.07, 6.45) is 1.58.